The topological polar surface area (TPSA) is 75.2 Å². The smallest absolute Gasteiger partial charge is 0.321 e. The van der Waals surface area contributed by atoms with Crippen molar-refractivity contribution in [2.45, 2.75) is 17.3 Å². The van der Waals surface area contributed by atoms with Gasteiger partial charge in [-0.25, -0.2) is 4.98 Å². The summed E-state index contributed by atoms with van der Waals surface area (Å²) in [6.07, 6.45) is 0. The predicted molar refractivity (Wildman–Crippen MR) is 89.9 cm³/mol. The summed E-state index contributed by atoms with van der Waals surface area (Å²) in [6.45, 7) is 2.52. The lowest BCUT2D eigenvalue weighted by atomic mass is 10.1. The van der Waals surface area contributed by atoms with Gasteiger partial charge in [-0.15, -0.1) is 0 Å². The lowest BCUT2D eigenvalue weighted by molar-refractivity contribution is -0.136. The molecular weight excluding hydrogens is 312 g/mol. The van der Waals surface area contributed by atoms with Gasteiger partial charge < -0.3 is 14.8 Å². The second-order valence-corrected chi connectivity index (χ2v) is 5.99. The zero-order valence-electron chi connectivity index (χ0n) is 12.5. The number of carbonyl (C=O) groups is 1. The fourth-order valence-corrected chi connectivity index (χ4v) is 3.22. The Morgan fingerprint density at radius 1 is 1.30 bits per heavy atom. The molecule has 0 aliphatic rings. The summed E-state index contributed by atoms with van der Waals surface area (Å²) in [5.41, 5.74) is 2.35. The molecule has 0 saturated carbocycles. The van der Waals surface area contributed by atoms with E-state index < -0.39 is 11.2 Å². The Morgan fingerprint density at radius 3 is 2.78 bits per heavy atom. The quantitative estimate of drug-likeness (QED) is 0.672. The van der Waals surface area contributed by atoms with Gasteiger partial charge in [0.25, 0.3) is 0 Å². The maximum absolute atomic E-state index is 11.6. The SMILES string of the molecule is CCOc1ccc2nc(SC(C(=O)O)c3ccccc3)[nH]c2c1. The van der Waals surface area contributed by atoms with E-state index in [2.05, 4.69) is 9.97 Å². The van der Waals surface area contributed by atoms with Crippen LogP contribution in [-0.2, 0) is 4.79 Å². The standard InChI is InChI=1S/C17H16N2O3S/c1-2-22-12-8-9-13-14(10-12)19-17(18-13)23-15(16(20)21)11-6-4-3-5-7-11/h3-10,15H,2H2,1H3,(H,18,19)(H,20,21). The zero-order chi connectivity index (χ0) is 16.2. The molecular formula is C17H16N2O3S. The van der Waals surface area contributed by atoms with Gasteiger partial charge in [0.05, 0.1) is 17.6 Å². The highest BCUT2D eigenvalue weighted by atomic mass is 32.2. The van der Waals surface area contributed by atoms with Crippen molar-refractivity contribution in [1.29, 1.82) is 0 Å². The summed E-state index contributed by atoms with van der Waals surface area (Å²) in [5.74, 6) is -0.130. The molecule has 5 nitrogen and oxygen atoms in total. The molecule has 2 aromatic carbocycles. The Balaban J connectivity index is 1.88. The number of aromatic nitrogens is 2. The van der Waals surface area contributed by atoms with Gasteiger partial charge in [-0.3, -0.25) is 4.79 Å². The number of ether oxygens (including phenoxy) is 1. The molecule has 2 N–H and O–H groups in total. The molecule has 1 aromatic heterocycles. The molecule has 0 aliphatic heterocycles. The van der Waals surface area contributed by atoms with Crippen molar-refractivity contribution >= 4 is 28.8 Å². The molecule has 0 radical (unpaired) electrons. The van der Waals surface area contributed by atoms with Gasteiger partial charge in [0.1, 0.15) is 11.0 Å². The molecule has 0 bridgehead atoms. The van der Waals surface area contributed by atoms with Crippen LogP contribution >= 0.6 is 11.8 Å². The van der Waals surface area contributed by atoms with Gasteiger partial charge in [-0.05, 0) is 24.6 Å². The van der Waals surface area contributed by atoms with E-state index in [1.807, 2.05) is 55.5 Å². The minimum absolute atomic E-state index is 0.574. The third-order valence-corrected chi connectivity index (χ3v) is 4.42. The first-order valence-electron chi connectivity index (χ1n) is 7.24. The van der Waals surface area contributed by atoms with Gasteiger partial charge in [-0.2, -0.15) is 0 Å². The fourth-order valence-electron chi connectivity index (χ4n) is 2.28. The first-order valence-corrected chi connectivity index (χ1v) is 8.12. The fraction of sp³-hybridized carbons (Fsp3) is 0.176. The average molecular weight is 328 g/mol. The monoisotopic (exact) mass is 328 g/mol. The zero-order valence-corrected chi connectivity index (χ0v) is 13.3. The summed E-state index contributed by atoms with van der Waals surface area (Å²) >= 11 is 1.19. The van der Waals surface area contributed by atoms with Crippen molar-refractivity contribution in [1.82, 2.24) is 9.97 Å². The van der Waals surface area contributed by atoms with Crippen molar-refractivity contribution in [3.8, 4) is 5.75 Å². The Hall–Kier alpha value is -2.47. The Bertz CT molecular complexity index is 817. The molecule has 3 aromatic rings. The number of benzene rings is 2. The van der Waals surface area contributed by atoms with Crippen molar-refractivity contribution in [2.75, 3.05) is 6.61 Å². The molecule has 0 aliphatic carbocycles. The number of carboxylic acid groups (broad SMARTS) is 1. The van der Waals surface area contributed by atoms with Crippen LogP contribution in [0.4, 0.5) is 0 Å². The molecule has 0 saturated heterocycles. The first-order chi connectivity index (χ1) is 11.2. The number of thioether (sulfide) groups is 1. The first kappa shape index (κ1) is 15.4. The maximum atomic E-state index is 11.6. The molecule has 23 heavy (non-hydrogen) atoms. The number of nitrogens with one attached hydrogen (secondary N) is 1. The van der Waals surface area contributed by atoms with Gasteiger partial charge in [0.2, 0.25) is 0 Å². The minimum atomic E-state index is -0.892. The Kier molecular flexibility index (Phi) is 4.52. The van der Waals surface area contributed by atoms with E-state index in [4.69, 9.17) is 4.74 Å². The number of H-pyrrole nitrogens is 1. The van der Waals surface area contributed by atoms with E-state index in [1.54, 1.807) is 0 Å². The number of imidazole rings is 1. The van der Waals surface area contributed by atoms with Crippen LogP contribution in [0.2, 0.25) is 0 Å². The number of hydrogen-bond donors (Lipinski definition) is 2. The number of hydrogen-bond acceptors (Lipinski definition) is 4. The van der Waals surface area contributed by atoms with E-state index in [9.17, 15) is 9.90 Å². The third-order valence-electron chi connectivity index (χ3n) is 3.30. The normalized spacial score (nSPS) is 12.2. The van der Waals surface area contributed by atoms with E-state index in [0.29, 0.717) is 11.8 Å². The summed E-state index contributed by atoms with van der Waals surface area (Å²) in [5, 5.41) is 9.36. The molecule has 0 spiro atoms. The molecule has 6 heteroatoms. The number of rotatable bonds is 6. The van der Waals surface area contributed by atoms with Gasteiger partial charge >= 0.3 is 5.97 Å². The Morgan fingerprint density at radius 2 is 2.09 bits per heavy atom. The van der Waals surface area contributed by atoms with Crippen LogP contribution in [0.5, 0.6) is 5.75 Å². The highest BCUT2D eigenvalue weighted by molar-refractivity contribution is 8.00. The number of fused-ring (bicyclic) bond motifs is 1. The van der Waals surface area contributed by atoms with Crippen LogP contribution in [0.25, 0.3) is 11.0 Å². The van der Waals surface area contributed by atoms with E-state index in [0.717, 1.165) is 22.3 Å². The molecule has 1 heterocycles. The minimum Gasteiger partial charge on any atom is -0.494 e. The molecule has 0 fully saturated rings. The molecule has 1 unspecified atom stereocenters. The van der Waals surface area contributed by atoms with Crippen LogP contribution in [0.3, 0.4) is 0 Å². The van der Waals surface area contributed by atoms with E-state index in [1.165, 1.54) is 11.8 Å². The summed E-state index contributed by atoms with van der Waals surface area (Å²) in [6, 6.07) is 14.7. The van der Waals surface area contributed by atoms with Crippen LogP contribution in [-0.4, -0.2) is 27.7 Å². The third kappa shape index (κ3) is 3.48. The highest BCUT2D eigenvalue weighted by Gasteiger charge is 2.22. The number of nitrogens with zero attached hydrogens (tertiary/aromatic N) is 1. The lowest BCUT2D eigenvalue weighted by Gasteiger charge is -2.10. The number of aromatic amines is 1. The number of carboxylic acids is 1. The molecule has 0 amide bonds. The largest absolute Gasteiger partial charge is 0.494 e. The molecule has 3 rings (SSSR count). The van der Waals surface area contributed by atoms with E-state index >= 15 is 0 Å². The van der Waals surface area contributed by atoms with Crippen LogP contribution < -0.4 is 4.74 Å². The number of aliphatic carboxylic acids is 1. The molecule has 1 atom stereocenters. The van der Waals surface area contributed by atoms with Crippen LogP contribution in [0.1, 0.15) is 17.7 Å². The lowest BCUT2D eigenvalue weighted by Crippen LogP contribution is -2.08. The van der Waals surface area contributed by atoms with Crippen molar-refractivity contribution in [3.63, 3.8) is 0 Å². The highest BCUT2D eigenvalue weighted by Crippen LogP contribution is 2.35. The van der Waals surface area contributed by atoms with E-state index in [-0.39, 0.29) is 0 Å². The summed E-state index contributed by atoms with van der Waals surface area (Å²) in [4.78, 5) is 19.2. The average Bonchev–Trinajstić information content (AvgIpc) is 2.95. The van der Waals surface area contributed by atoms with Gasteiger partial charge in [0.15, 0.2) is 5.16 Å². The van der Waals surface area contributed by atoms with Crippen molar-refractivity contribution < 1.29 is 14.6 Å². The second kappa shape index (κ2) is 6.75. The Labute approximate surface area is 137 Å². The van der Waals surface area contributed by atoms with Crippen molar-refractivity contribution in [2.24, 2.45) is 0 Å². The van der Waals surface area contributed by atoms with Crippen LogP contribution in [0, 0.1) is 0 Å². The predicted octanol–water partition coefficient (Wildman–Crippen LogP) is 3.88. The summed E-state index contributed by atoms with van der Waals surface area (Å²) < 4.78 is 5.46. The maximum Gasteiger partial charge on any atom is 0.321 e. The van der Waals surface area contributed by atoms with Gasteiger partial charge in [0, 0.05) is 6.07 Å². The summed E-state index contributed by atoms with van der Waals surface area (Å²) in [7, 11) is 0. The second-order valence-electron chi connectivity index (χ2n) is 4.90. The van der Waals surface area contributed by atoms with Crippen molar-refractivity contribution in [3.05, 3.63) is 54.1 Å². The van der Waals surface area contributed by atoms with Gasteiger partial charge in [-0.1, -0.05) is 42.1 Å². The molecule has 118 valence electrons. The van der Waals surface area contributed by atoms with Crippen LogP contribution in [0.15, 0.2) is 53.7 Å².